The molecule has 0 bridgehead atoms. The molecular formula is C39H31BIrN2O2-2. The van der Waals surface area contributed by atoms with Crippen molar-refractivity contribution in [3.05, 3.63) is 139 Å². The molecule has 0 saturated heterocycles. The Morgan fingerprint density at radius 1 is 0.733 bits per heavy atom. The minimum Gasteiger partial charge on any atom is -0.503 e. The summed E-state index contributed by atoms with van der Waals surface area (Å²) in [6, 6.07) is 41.7. The van der Waals surface area contributed by atoms with E-state index in [-0.39, 0.29) is 26.8 Å². The summed E-state index contributed by atoms with van der Waals surface area (Å²) in [6.45, 7) is 5.68. The van der Waals surface area contributed by atoms with Gasteiger partial charge in [-0.1, -0.05) is 92.0 Å². The molecule has 4 heterocycles. The molecule has 6 aromatic rings. The van der Waals surface area contributed by atoms with Crippen molar-refractivity contribution in [2.24, 2.45) is 5.41 Å². The van der Waals surface area contributed by atoms with Crippen molar-refractivity contribution in [3.8, 4) is 45.5 Å². The summed E-state index contributed by atoms with van der Waals surface area (Å²) < 4.78 is 30.2. The van der Waals surface area contributed by atoms with Crippen LogP contribution in [0.3, 0.4) is 0 Å². The minimum atomic E-state index is -1.53. The van der Waals surface area contributed by atoms with Gasteiger partial charge in [0.25, 0.3) is 0 Å². The van der Waals surface area contributed by atoms with Crippen LogP contribution in [0.1, 0.15) is 29.1 Å². The number of hydrogen-bond donors (Lipinski definition) is 0. The number of ether oxygens (including phenoxy) is 2. The van der Waals surface area contributed by atoms with Gasteiger partial charge in [-0.15, -0.1) is 48.0 Å². The standard InChI is InChI=1S/C28H23BNO2.C11H8N.Ir/c1-28(2,3)17-18-14-15-30-22(16-18)19-12-13-25-26-27(19)32-24-11-7-5-9-21(24)29(26)20-8-4-6-10-23(20)31-25;1-2-6-10(7-3-1)11-8-4-5-9-12-11;/h4-11,13-16H,17H2,1-3H3;1-6,8-9H;/q2*-1;/i17D2;;. The molecule has 0 atom stereocenters. The van der Waals surface area contributed by atoms with Crippen molar-refractivity contribution in [2.45, 2.75) is 27.1 Å². The van der Waals surface area contributed by atoms with Crippen LogP contribution in [0.15, 0.2) is 122 Å². The zero-order valence-electron chi connectivity index (χ0n) is 27.2. The Balaban J connectivity index is 0.000000250. The second kappa shape index (κ2) is 12.8. The van der Waals surface area contributed by atoms with E-state index < -0.39 is 11.8 Å². The summed E-state index contributed by atoms with van der Waals surface area (Å²) in [5.74, 6) is 3.02. The maximum absolute atomic E-state index is 8.73. The molecule has 4 nitrogen and oxygen atoms in total. The van der Waals surface area contributed by atoms with Gasteiger partial charge >= 0.3 is 0 Å². The summed E-state index contributed by atoms with van der Waals surface area (Å²) >= 11 is 0. The van der Waals surface area contributed by atoms with Gasteiger partial charge in [0.1, 0.15) is 11.5 Å². The second-order valence-corrected chi connectivity index (χ2v) is 11.8. The van der Waals surface area contributed by atoms with Gasteiger partial charge < -0.3 is 19.4 Å². The molecule has 2 aliphatic heterocycles. The Hall–Kier alpha value is -4.51. The third kappa shape index (κ3) is 6.35. The van der Waals surface area contributed by atoms with E-state index in [9.17, 15) is 0 Å². The first-order valence-electron chi connectivity index (χ1n) is 15.7. The number of benzene rings is 4. The van der Waals surface area contributed by atoms with Crippen LogP contribution < -0.4 is 25.9 Å². The molecule has 0 N–H and O–H groups in total. The Bertz CT molecular complexity index is 1990. The van der Waals surface area contributed by atoms with Gasteiger partial charge in [-0.05, 0) is 58.4 Å². The van der Waals surface area contributed by atoms with Gasteiger partial charge in [0.2, 0.25) is 6.71 Å². The Morgan fingerprint density at radius 2 is 1.42 bits per heavy atom. The normalized spacial score (nSPS) is 13.1. The minimum absolute atomic E-state index is 0. The summed E-state index contributed by atoms with van der Waals surface area (Å²) in [5.41, 5.74) is 6.49. The number of aromatic nitrogens is 2. The number of hydrogen-bond acceptors (Lipinski definition) is 4. The Morgan fingerprint density at radius 3 is 2.11 bits per heavy atom. The molecule has 0 saturated carbocycles. The van der Waals surface area contributed by atoms with Gasteiger partial charge in [0.15, 0.2) is 0 Å². The van der Waals surface area contributed by atoms with Gasteiger partial charge in [-0.25, -0.2) is 0 Å². The predicted octanol–water partition coefficient (Wildman–Crippen LogP) is 7.41. The predicted molar refractivity (Wildman–Crippen MR) is 178 cm³/mol. The molecule has 2 aliphatic rings. The summed E-state index contributed by atoms with van der Waals surface area (Å²) in [6.07, 6.45) is 1.92. The molecule has 45 heavy (non-hydrogen) atoms. The van der Waals surface area contributed by atoms with E-state index in [1.807, 2.05) is 112 Å². The number of fused-ring (bicyclic) bond motifs is 4. The Labute approximate surface area is 281 Å². The smallest absolute Gasteiger partial charge is 0.239 e. The van der Waals surface area contributed by atoms with Crippen molar-refractivity contribution >= 4 is 23.1 Å². The van der Waals surface area contributed by atoms with Crippen LogP contribution in [0.25, 0.3) is 22.5 Å². The van der Waals surface area contributed by atoms with Crippen molar-refractivity contribution in [3.63, 3.8) is 0 Å². The van der Waals surface area contributed by atoms with Crippen molar-refractivity contribution in [2.75, 3.05) is 0 Å². The Kier molecular flexibility index (Phi) is 7.99. The van der Waals surface area contributed by atoms with Gasteiger partial charge in [-0.2, -0.15) is 0 Å². The van der Waals surface area contributed by atoms with E-state index in [2.05, 4.69) is 34.2 Å². The van der Waals surface area contributed by atoms with Crippen LogP contribution in [0.2, 0.25) is 0 Å². The summed E-state index contributed by atoms with van der Waals surface area (Å²) in [4.78, 5) is 8.81. The third-order valence-electron chi connectivity index (χ3n) is 7.45. The van der Waals surface area contributed by atoms with E-state index in [4.69, 9.17) is 12.2 Å². The van der Waals surface area contributed by atoms with E-state index in [1.165, 1.54) is 0 Å². The van der Waals surface area contributed by atoms with Crippen molar-refractivity contribution in [1.82, 2.24) is 9.97 Å². The van der Waals surface area contributed by atoms with Crippen LogP contribution >= 0.6 is 0 Å². The fourth-order valence-electron chi connectivity index (χ4n) is 5.67. The first kappa shape index (κ1) is 28.0. The molecule has 8 rings (SSSR count). The molecule has 0 amide bonds. The summed E-state index contributed by atoms with van der Waals surface area (Å²) in [7, 11) is 0. The van der Waals surface area contributed by atoms with Gasteiger partial charge in [-0.3, -0.25) is 0 Å². The molecule has 0 fully saturated rings. The van der Waals surface area contributed by atoms with E-state index >= 15 is 0 Å². The van der Waals surface area contributed by atoms with E-state index in [1.54, 1.807) is 18.5 Å². The van der Waals surface area contributed by atoms with Crippen LogP contribution in [0, 0.1) is 17.5 Å². The number of rotatable bonds is 3. The quantitative estimate of drug-likeness (QED) is 0.139. The zero-order valence-corrected chi connectivity index (χ0v) is 27.6. The molecule has 4 aromatic carbocycles. The second-order valence-electron chi connectivity index (χ2n) is 11.8. The number of nitrogens with zero attached hydrogens (tertiary/aromatic N) is 2. The molecule has 0 spiro atoms. The topological polar surface area (TPSA) is 44.2 Å². The molecule has 6 heteroatoms. The average molecular weight is 765 g/mol. The molecule has 223 valence electrons. The molecule has 1 radical (unpaired) electrons. The third-order valence-corrected chi connectivity index (χ3v) is 7.45. The molecular weight excluding hydrogens is 731 g/mol. The maximum Gasteiger partial charge on any atom is 0.239 e. The maximum atomic E-state index is 8.73. The first-order chi connectivity index (χ1) is 22.2. The SMILES string of the molecule is [2H]C([2H])(c1ccnc(-c2[c-]cc3c4c2Oc2ccccc2B4c2ccccc2O3)c1)C(C)(C)C.[Ir].[c-]1ccccc1-c1ccccn1. The average Bonchev–Trinajstić information content (AvgIpc) is 3.09. The van der Waals surface area contributed by atoms with Crippen LogP contribution in [0.5, 0.6) is 23.0 Å². The molecule has 0 aliphatic carbocycles. The fourth-order valence-corrected chi connectivity index (χ4v) is 5.67. The van der Waals surface area contributed by atoms with E-state index in [0.29, 0.717) is 22.6 Å². The monoisotopic (exact) mass is 765 g/mol. The fraction of sp³-hybridized carbons (Fsp3) is 0.128. The molecule has 0 unspecified atom stereocenters. The zero-order chi connectivity index (χ0) is 31.9. The molecule has 2 aromatic heterocycles. The van der Waals surface area contributed by atoms with Gasteiger partial charge in [0.05, 0.1) is 0 Å². The van der Waals surface area contributed by atoms with Crippen LogP contribution in [-0.4, -0.2) is 16.7 Å². The van der Waals surface area contributed by atoms with Crippen molar-refractivity contribution in [1.29, 1.82) is 0 Å². The number of para-hydroxylation sites is 2. The summed E-state index contributed by atoms with van der Waals surface area (Å²) in [5, 5.41) is 0. The van der Waals surface area contributed by atoms with Crippen LogP contribution in [-0.2, 0) is 26.5 Å². The number of pyridine rings is 2. The van der Waals surface area contributed by atoms with Gasteiger partial charge in [0, 0.05) is 46.7 Å². The largest absolute Gasteiger partial charge is 0.503 e. The first-order valence-corrected chi connectivity index (χ1v) is 14.7. The van der Waals surface area contributed by atoms with Crippen molar-refractivity contribution < 1.29 is 32.3 Å². The van der Waals surface area contributed by atoms with E-state index in [0.717, 1.165) is 44.9 Å². The van der Waals surface area contributed by atoms with Crippen LogP contribution in [0.4, 0.5) is 0 Å².